The number of benzene rings is 1. The maximum Gasteiger partial charge on any atom is 0.294 e. The number of nitrogens with two attached hydrogens (primary N) is 2. The SMILES string of the molecule is CC[C@H](C)N=CC(=CN)c1cc2c3c(c1)nc(-c1ccc4oc(N)nc4n1)n3CCCO2. The third kappa shape index (κ3) is 3.45. The van der Waals surface area contributed by atoms with Crippen LogP contribution in [0.2, 0.25) is 0 Å². The number of ether oxygens (including phenoxy) is 1. The molecule has 5 rings (SSSR count). The maximum atomic E-state index is 6.09. The summed E-state index contributed by atoms with van der Waals surface area (Å²) in [5.41, 5.74) is 16.8. The average Bonchev–Trinajstić information content (AvgIpc) is 3.27. The van der Waals surface area contributed by atoms with E-state index >= 15 is 0 Å². The number of pyridine rings is 1. The highest BCUT2D eigenvalue weighted by molar-refractivity contribution is 6.11. The number of imidazole rings is 1. The van der Waals surface area contributed by atoms with Crippen LogP contribution in [0.25, 0.3) is 39.4 Å². The third-order valence-electron chi connectivity index (χ3n) is 5.66. The molecule has 0 spiro atoms. The summed E-state index contributed by atoms with van der Waals surface area (Å²) >= 11 is 0. The molecule has 1 aliphatic heterocycles. The molecule has 1 aromatic carbocycles. The number of rotatable bonds is 5. The van der Waals surface area contributed by atoms with Gasteiger partial charge in [0.1, 0.15) is 17.0 Å². The Morgan fingerprint density at radius 3 is 2.97 bits per heavy atom. The second kappa shape index (κ2) is 7.99. The fourth-order valence-electron chi connectivity index (χ4n) is 3.81. The van der Waals surface area contributed by atoms with E-state index in [1.807, 2.05) is 30.5 Å². The summed E-state index contributed by atoms with van der Waals surface area (Å²) < 4.78 is 13.6. The first kappa shape index (κ1) is 20.0. The van der Waals surface area contributed by atoms with Crippen molar-refractivity contribution in [1.29, 1.82) is 0 Å². The number of aryl methyl sites for hydroxylation is 1. The lowest BCUT2D eigenvalue weighted by atomic mass is 10.1. The zero-order valence-corrected chi connectivity index (χ0v) is 18.1. The first-order chi connectivity index (χ1) is 15.6. The third-order valence-corrected chi connectivity index (χ3v) is 5.66. The lowest BCUT2D eigenvalue weighted by Gasteiger charge is -2.09. The Hall–Kier alpha value is -3.88. The van der Waals surface area contributed by atoms with E-state index in [1.165, 1.54) is 0 Å². The molecule has 0 saturated heterocycles. The van der Waals surface area contributed by atoms with Crippen molar-refractivity contribution in [2.24, 2.45) is 10.7 Å². The minimum Gasteiger partial charge on any atom is -0.491 e. The Balaban J connectivity index is 1.66. The van der Waals surface area contributed by atoms with E-state index in [-0.39, 0.29) is 12.1 Å². The zero-order chi connectivity index (χ0) is 22.2. The van der Waals surface area contributed by atoms with E-state index in [1.54, 1.807) is 6.20 Å². The Kier molecular flexibility index (Phi) is 5.01. The van der Waals surface area contributed by atoms with Gasteiger partial charge in [0.05, 0.1) is 12.1 Å². The molecular weight excluding hydrogens is 406 g/mol. The van der Waals surface area contributed by atoms with Gasteiger partial charge in [0.15, 0.2) is 11.4 Å². The number of hydrogen-bond acceptors (Lipinski definition) is 8. The summed E-state index contributed by atoms with van der Waals surface area (Å²) in [5, 5.41) is 0. The van der Waals surface area contributed by atoms with Crippen molar-refractivity contribution < 1.29 is 9.15 Å². The normalized spacial score (nSPS) is 15.4. The molecule has 9 heteroatoms. The lowest BCUT2D eigenvalue weighted by Crippen LogP contribution is -2.02. The highest BCUT2D eigenvalue weighted by Crippen LogP contribution is 2.35. The van der Waals surface area contributed by atoms with Gasteiger partial charge < -0.3 is 25.2 Å². The molecule has 3 aromatic heterocycles. The van der Waals surface area contributed by atoms with Gasteiger partial charge in [-0.3, -0.25) is 4.99 Å². The van der Waals surface area contributed by atoms with Crippen LogP contribution in [-0.4, -0.2) is 38.4 Å². The van der Waals surface area contributed by atoms with Crippen LogP contribution in [0.4, 0.5) is 6.01 Å². The number of hydrogen-bond donors (Lipinski definition) is 2. The molecular formula is C23H25N7O2. The van der Waals surface area contributed by atoms with Crippen LogP contribution in [0.1, 0.15) is 32.3 Å². The largest absolute Gasteiger partial charge is 0.491 e. The van der Waals surface area contributed by atoms with Gasteiger partial charge in [-0.05, 0) is 49.6 Å². The van der Waals surface area contributed by atoms with Crippen LogP contribution in [0.15, 0.2) is 39.9 Å². The van der Waals surface area contributed by atoms with E-state index < -0.39 is 0 Å². The van der Waals surface area contributed by atoms with Gasteiger partial charge in [0.25, 0.3) is 6.01 Å². The van der Waals surface area contributed by atoms with Crippen LogP contribution < -0.4 is 16.2 Å². The maximum absolute atomic E-state index is 6.09. The molecule has 1 aliphatic rings. The lowest BCUT2D eigenvalue weighted by molar-refractivity contribution is 0.315. The highest BCUT2D eigenvalue weighted by Gasteiger charge is 2.22. The molecule has 9 nitrogen and oxygen atoms in total. The average molecular weight is 432 g/mol. The molecule has 4 aromatic rings. The van der Waals surface area contributed by atoms with Gasteiger partial charge in [0, 0.05) is 30.6 Å². The van der Waals surface area contributed by atoms with Gasteiger partial charge in [-0.2, -0.15) is 4.98 Å². The molecule has 0 radical (unpaired) electrons. The van der Waals surface area contributed by atoms with E-state index in [0.717, 1.165) is 53.1 Å². The van der Waals surface area contributed by atoms with E-state index in [2.05, 4.69) is 33.4 Å². The van der Waals surface area contributed by atoms with E-state index in [4.69, 9.17) is 25.6 Å². The van der Waals surface area contributed by atoms with Gasteiger partial charge in [-0.1, -0.05) is 6.92 Å². The number of aliphatic imine (C=N–C) groups is 1. The monoisotopic (exact) mass is 431 g/mol. The summed E-state index contributed by atoms with van der Waals surface area (Å²) in [4.78, 5) is 18.3. The summed E-state index contributed by atoms with van der Waals surface area (Å²) in [7, 11) is 0. The first-order valence-electron chi connectivity index (χ1n) is 10.7. The fourth-order valence-corrected chi connectivity index (χ4v) is 3.81. The van der Waals surface area contributed by atoms with Crippen molar-refractivity contribution in [2.75, 3.05) is 12.3 Å². The molecule has 1 atom stereocenters. The van der Waals surface area contributed by atoms with Gasteiger partial charge >= 0.3 is 0 Å². The number of nitrogens with zero attached hydrogens (tertiary/aromatic N) is 5. The van der Waals surface area contributed by atoms with Crippen molar-refractivity contribution in [3.63, 3.8) is 0 Å². The molecule has 4 N–H and O–H groups in total. The predicted octanol–water partition coefficient (Wildman–Crippen LogP) is 3.77. The molecule has 0 aliphatic carbocycles. The number of aromatic nitrogens is 4. The molecule has 0 fully saturated rings. The Morgan fingerprint density at radius 1 is 1.28 bits per heavy atom. The van der Waals surface area contributed by atoms with Crippen molar-refractivity contribution in [3.05, 3.63) is 36.0 Å². The zero-order valence-electron chi connectivity index (χ0n) is 18.1. The number of anilines is 1. The number of fused-ring (bicyclic) bond motifs is 1. The number of nitrogen functional groups attached to an aromatic ring is 1. The fraction of sp³-hybridized carbons (Fsp3) is 0.304. The topological polar surface area (TPSA) is 130 Å². The second-order valence-corrected chi connectivity index (χ2v) is 7.86. The minimum absolute atomic E-state index is 0.0940. The molecule has 0 bridgehead atoms. The molecule has 0 unspecified atom stereocenters. The number of oxazole rings is 1. The highest BCUT2D eigenvalue weighted by atomic mass is 16.5. The minimum atomic E-state index is 0.0940. The molecule has 0 saturated carbocycles. The first-order valence-corrected chi connectivity index (χ1v) is 10.7. The quantitative estimate of drug-likeness (QED) is 0.460. The van der Waals surface area contributed by atoms with Crippen LogP contribution in [-0.2, 0) is 6.54 Å². The molecule has 4 heterocycles. The van der Waals surface area contributed by atoms with Gasteiger partial charge in [-0.15, -0.1) is 0 Å². The van der Waals surface area contributed by atoms with Gasteiger partial charge in [0.2, 0.25) is 5.65 Å². The second-order valence-electron chi connectivity index (χ2n) is 7.86. The predicted molar refractivity (Wildman–Crippen MR) is 125 cm³/mol. The van der Waals surface area contributed by atoms with Crippen molar-refractivity contribution in [2.45, 2.75) is 39.3 Å². The molecule has 164 valence electrons. The van der Waals surface area contributed by atoms with Crippen molar-refractivity contribution in [1.82, 2.24) is 19.5 Å². The van der Waals surface area contributed by atoms with Crippen LogP contribution in [0, 0.1) is 0 Å². The molecule has 0 amide bonds. The van der Waals surface area contributed by atoms with Crippen molar-refractivity contribution >= 4 is 40.1 Å². The Labute approximate surface area is 184 Å². The summed E-state index contributed by atoms with van der Waals surface area (Å²) in [5.74, 6) is 1.52. The smallest absolute Gasteiger partial charge is 0.294 e. The van der Waals surface area contributed by atoms with E-state index in [0.29, 0.717) is 23.5 Å². The van der Waals surface area contributed by atoms with Gasteiger partial charge in [-0.25, -0.2) is 9.97 Å². The Morgan fingerprint density at radius 2 is 2.16 bits per heavy atom. The summed E-state index contributed by atoms with van der Waals surface area (Å²) in [6.07, 6.45) is 5.21. The van der Waals surface area contributed by atoms with Crippen LogP contribution in [0.3, 0.4) is 0 Å². The Bertz CT molecular complexity index is 1370. The van der Waals surface area contributed by atoms with Crippen LogP contribution >= 0.6 is 0 Å². The standard InChI is InChI=1S/C23H25N7O2/c1-3-13(2)26-12-15(11-24)14-9-17-20-19(10-14)31-8-4-7-30(20)22(28-17)16-5-6-18-21(27-16)29-23(25)32-18/h5-6,9-13H,3-4,7-8,24H2,1-2H3,(H2,25,27,29)/t13-/m0/s1. The summed E-state index contributed by atoms with van der Waals surface area (Å²) in [6, 6.07) is 8.02. The van der Waals surface area contributed by atoms with E-state index in [9.17, 15) is 0 Å². The van der Waals surface area contributed by atoms with Crippen LogP contribution in [0.5, 0.6) is 5.75 Å². The summed E-state index contributed by atoms with van der Waals surface area (Å²) in [6.45, 7) is 5.57. The molecule has 32 heavy (non-hydrogen) atoms. The number of allylic oxidation sites excluding steroid dienone is 1. The van der Waals surface area contributed by atoms with Crippen molar-refractivity contribution in [3.8, 4) is 17.3 Å².